The molecule has 0 saturated carbocycles. The van der Waals surface area contributed by atoms with Gasteiger partial charge in [-0.3, -0.25) is 14.4 Å². The molecule has 0 radical (unpaired) electrons. The highest BCUT2D eigenvalue weighted by Gasteiger charge is 2.54. The van der Waals surface area contributed by atoms with Crippen LogP contribution in [-0.2, 0) is 19.1 Å². The predicted molar refractivity (Wildman–Crippen MR) is 103 cm³/mol. The normalized spacial score (nSPS) is 21.2. The molecule has 1 amide bonds. The number of benzene rings is 1. The van der Waals surface area contributed by atoms with Gasteiger partial charge in [-0.1, -0.05) is 42.9 Å². The van der Waals surface area contributed by atoms with E-state index in [-0.39, 0.29) is 24.2 Å². The van der Waals surface area contributed by atoms with Crippen LogP contribution >= 0.6 is 23.4 Å². The lowest BCUT2D eigenvalue weighted by Crippen LogP contribution is -2.68. The second kappa shape index (κ2) is 9.39. The number of aliphatic hydroxyl groups is 1. The lowest BCUT2D eigenvalue weighted by Gasteiger charge is -2.50. The molecular weight excluding hydrogens is 390 g/mol. The van der Waals surface area contributed by atoms with Crippen LogP contribution in [0.25, 0.3) is 0 Å². The van der Waals surface area contributed by atoms with Crippen molar-refractivity contribution in [1.82, 2.24) is 4.90 Å². The summed E-state index contributed by atoms with van der Waals surface area (Å²) < 4.78 is 4.92. The topological polar surface area (TPSA) is 83.9 Å². The van der Waals surface area contributed by atoms with Crippen molar-refractivity contribution in [2.75, 3.05) is 13.2 Å². The molecule has 0 aromatic heterocycles. The Hall–Kier alpha value is -1.83. The van der Waals surface area contributed by atoms with Gasteiger partial charge in [-0.25, -0.2) is 0 Å². The molecule has 0 aliphatic carbocycles. The maximum absolute atomic E-state index is 12.7. The highest BCUT2D eigenvalue weighted by Crippen LogP contribution is 2.37. The van der Waals surface area contributed by atoms with Gasteiger partial charge in [-0.05, 0) is 31.2 Å². The largest absolute Gasteiger partial charge is 0.460 e. The Kier molecular flexibility index (Phi) is 7.47. The number of amides is 1. The molecule has 1 fully saturated rings. The van der Waals surface area contributed by atoms with E-state index in [9.17, 15) is 19.5 Å². The molecule has 2 rings (SSSR count). The van der Waals surface area contributed by atoms with Gasteiger partial charge in [0, 0.05) is 15.8 Å². The van der Waals surface area contributed by atoms with Crippen molar-refractivity contribution in [3.63, 3.8) is 0 Å². The number of halogens is 1. The fourth-order valence-corrected chi connectivity index (χ4v) is 4.00. The van der Waals surface area contributed by atoms with Crippen molar-refractivity contribution in [3.05, 3.63) is 41.9 Å². The van der Waals surface area contributed by atoms with E-state index in [4.69, 9.17) is 16.3 Å². The number of thioether (sulfide) groups is 1. The molecule has 1 aliphatic rings. The Morgan fingerprint density at radius 2 is 2.00 bits per heavy atom. The number of aliphatic hydroxyl groups excluding tert-OH is 1. The number of carbonyl (C=O) groups is 3. The fourth-order valence-electron chi connectivity index (χ4n) is 3.04. The summed E-state index contributed by atoms with van der Waals surface area (Å²) in [6, 6.07) is 6.28. The Morgan fingerprint density at radius 3 is 2.56 bits per heavy atom. The number of hydrogen-bond donors (Lipinski definition) is 1. The van der Waals surface area contributed by atoms with E-state index in [2.05, 4.69) is 6.58 Å². The zero-order chi connectivity index (χ0) is 20.1. The summed E-state index contributed by atoms with van der Waals surface area (Å²) in [7, 11) is 0. The Balaban J connectivity index is 2.10. The van der Waals surface area contributed by atoms with Crippen molar-refractivity contribution in [2.24, 2.45) is 11.8 Å². The molecule has 1 saturated heterocycles. The number of hydrogen-bond acceptors (Lipinski definition) is 6. The SMILES string of the molecule is C=CCOC(=O)CN1C(=O)[C@H]([C@@H](C)O)[C@H]1[C@@H](C)C(=O)Sc1ccc(Cl)cc1. The lowest BCUT2D eigenvalue weighted by atomic mass is 9.77. The van der Waals surface area contributed by atoms with Crippen LogP contribution in [0.5, 0.6) is 0 Å². The van der Waals surface area contributed by atoms with Crippen molar-refractivity contribution in [3.8, 4) is 0 Å². The van der Waals surface area contributed by atoms with Gasteiger partial charge in [-0.2, -0.15) is 0 Å². The molecule has 1 aromatic carbocycles. The van der Waals surface area contributed by atoms with Gasteiger partial charge in [-0.15, -0.1) is 0 Å². The summed E-state index contributed by atoms with van der Waals surface area (Å²) in [6.07, 6.45) is 0.514. The molecule has 1 aliphatic heterocycles. The number of rotatable bonds is 8. The van der Waals surface area contributed by atoms with E-state index >= 15 is 0 Å². The number of likely N-dealkylation sites (tertiary alicyclic amines) is 1. The molecular formula is C19H22ClNO5S. The van der Waals surface area contributed by atoms with E-state index < -0.39 is 30.0 Å². The molecule has 4 atom stereocenters. The first-order valence-electron chi connectivity index (χ1n) is 8.48. The van der Waals surface area contributed by atoms with Crippen LogP contribution in [0.2, 0.25) is 5.02 Å². The standard InChI is InChI=1S/C19H22ClNO5S/c1-4-9-26-15(23)10-21-17(16(12(3)22)18(21)24)11(2)19(25)27-14-7-5-13(20)6-8-14/h4-8,11-12,16-17,22H,1,9-10H2,2-3H3/t11-,12-,16-,17-/m1/s1. The minimum Gasteiger partial charge on any atom is -0.460 e. The van der Waals surface area contributed by atoms with Crippen molar-refractivity contribution >= 4 is 40.4 Å². The van der Waals surface area contributed by atoms with Gasteiger partial charge in [0.1, 0.15) is 13.2 Å². The van der Waals surface area contributed by atoms with Crippen molar-refractivity contribution in [2.45, 2.75) is 30.9 Å². The molecule has 146 valence electrons. The van der Waals surface area contributed by atoms with Crippen molar-refractivity contribution in [1.29, 1.82) is 0 Å². The zero-order valence-electron chi connectivity index (χ0n) is 15.1. The van der Waals surface area contributed by atoms with Crippen LogP contribution in [-0.4, -0.2) is 52.3 Å². The van der Waals surface area contributed by atoms with Crippen LogP contribution < -0.4 is 0 Å². The molecule has 1 aromatic rings. The number of nitrogens with zero attached hydrogens (tertiary/aromatic N) is 1. The van der Waals surface area contributed by atoms with Crippen LogP contribution in [0, 0.1) is 11.8 Å². The first-order valence-corrected chi connectivity index (χ1v) is 9.68. The van der Waals surface area contributed by atoms with E-state index in [0.717, 1.165) is 16.7 Å². The highest BCUT2D eigenvalue weighted by atomic mass is 35.5. The van der Waals surface area contributed by atoms with Gasteiger partial charge in [0.15, 0.2) is 5.12 Å². The molecule has 0 bridgehead atoms. The third-order valence-electron chi connectivity index (χ3n) is 4.39. The molecule has 8 heteroatoms. The minimum absolute atomic E-state index is 0.0479. The predicted octanol–water partition coefficient (Wildman–Crippen LogP) is 2.53. The zero-order valence-corrected chi connectivity index (χ0v) is 16.7. The van der Waals surface area contributed by atoms with Crippen molar-refractivity contribution < 1.29 is 24.2 Å². The van der Waals surface area contributed by atoms with E-state index in [1.54, 1.807) is 31.2 Å². The third kappa shape index (κ3) is 5.12. The second-order valence-electron chi connectivity index (χ2n) is 6.36. The number of carbonyl (C=O) groups excluding carboxylic acids is 3. The van der Waals surface area contributed by atoms with Gasteiger partial charge in [0.2, 0.25) is 5.91 Å². The molecule has 0 unspecified atom stereocenters. The van der Waals surface area contributed by atoms with E-state index in [0.29, 0.717) is 5.02 Å². The summed E-state index contributed by atoms with van der Waals surface area (Å²) in [4.78, 5) is 38.9. The van der Waals surface area contributed by atoms with E-state index in [1.165, 1.54) is 17.9 Å². The van der Waals surface area contributed by atoms with Gasteiger partial charge < -0.3 is 14.7 Å². The third-order valence-corrected chi connectivity index (χ3v) is 5.73. The molecule has 1 N–H and O–H groups in total. The smallest absolute Gasteiger partial charge is 0.325 e. The molecule has 6 nitrogen and oxygen atoms in total. The first kappa shape index (κ1) is 21.5. The molecule has 27 heavy (non-hydrogen) atoms. The summed E-state index contributed by atoms with van der Waals surface area (Å²) >= 11 is 6.89. The quantitative estimate of drug-likeness (QED) is 0.306. The summed E-state index contributed by atoms with van der Waals surface area (Å²) in [5.74, 6) is -2.24. The second-order valence-corrected chi connectivity index (χ2v) is 7.87. The summed E-state index contributed by atoms with van der Waals surface area (Å²) in [5.41, 5.74) is 0. The van der Waals surface area contributed by atoms with Gasteiger partial charge in [0.25, 0.3) is 0 Å². The molecule has 0 spiro atoms. The Morgan fingerprint density at radius 1 is 1.37 bits per heavy atom. The van der Waals surface area contributed by atoms with Crippen LogP contribution in [0.1, 0.15) is 13.8 Å². The molecule has 1 heterocycles. The van der Waals surface area contributed by atoms with Crippen LogP contribution in [0.15, 0.2) is 41.8 Å². The number of esters is 1. The van der Waals surface area contributed by atoms with Gasteiger partial charge in [0.05, 0.1) is 18.1 Å². The highest BCUT2D eigenvalue weighted by molar-refractivity contribution is 8.13. The lowest BCUT2D eigenvalue weighted by molar-refractivity contribution is -0.174. The van der Waals surface area contributed by atoms with E-state index in [1.807, 2.05) is 0 Å². The maximum atomic E-state index is 12.7. The van der Waals surface area contributed by atoms with Crippen LogP contribution in [0.3, 0.4) is 0 Å². The fraction of sp³-hybridized carbons (Fsp3) is 0.421. The Bertz CT molecular complexity index is 721. The summed E-state index contributed by atoms with van der Waals surface area (Å²) in [5, 5.41) is 10.4. The minimum atomic E-state index is -0.918. The van der Waals surface area contributed by atoms with Crippen LogP contribution in [0.4, 0.5) is 0 Å². The number of ether oxygens (including phenoxy) is 1. The Labute approximate surface area is 167 Å². The monoisotopic (exact) mass is 411 g/mol. The average Bonchev–Trinajstić information content (AvgIpc) is 2.62. The average molecular weight is 412 g/mol. The summed E-state index contributed by atoms with van der Waals surface area (Å²) in [6.45, 7) is 6.45. The maximum Gasteiger partial charge on any atom is 0.325 e. The van der Waals surface area contributed by atoms with Gasteiger partial charge >= 0.3 is 5.97 Å². The first-order chi connectivity index (χ1) is 12.8. The number of β-lactam (4-membered cyclic amide) rings is 1.